The Bertz CT molecular complexity index is 745. The van der Waals surface area contributed by atoms with Crippen LogP contribution >= 0.6 is 11.3 Å². The highest BCUT2D eigenvalue weighted by atomic mass is 32.1. The lowest BCUT2D eigenvalue weighted by Gasteiger charge is -2.11. The van der Waals surface area contributed by atoms with E-state index in [1.807, 2.05) is 19.2 Å². The van der Waals surface area contributed by atoms with E-state index < -0.39 is 4.92 Å². The first-order chi connectivity index (χ1) is 11.5. The second-order valence-corrected chi connectivity index (χ2v) is 5.70. The van der Waals surface area contributed by atoms with Gasteiger partial charge in [0.15, 0.2) is 5.75 Å². The van der Waals surface area contributed by atoms with E-state index in [4.69, 9.17) is 9.47 Å². The number of hydrazone groups is 1. The van der Waals surface area contributed by atoms with Crippen molar-refractivity contribution in [1.82, 2.24) is 4.98 Å². The molecular weight excluding hydrogens is 332 g/mol. The molecule has 0 aliphatic rings. The number of hydrogen-bond acceptors (Lipinski definition) is 8. The van der Waals surface area contributed by atoms with Gasteiger partial charge in [0.05, 0.1) is 30.5 Å². The summed E-state index contributed by atoms with van der Waals surface area (Å²) in [6.07, 6.45) is 2.20. The topological polar surface area (TPSA) is 98.9 Å². The second kappa shape index (κ2) is 8.25. The number of nitrogens with one attached hydrogen (secondary N) is 1. The van der Waals surface area contributed by atoms with Crippen LogP contribution in [-0.2, 0) is 0 Å². The van der Waals surface area contributed by atoms with E-state index in [1.54, 1.807) is 6.07 Å². The van der Waals surface area contributed by atoms with Gasteiger partial charge in [-0.1, -0.05) is 6.92 Å². The molecule has 2 aromatic rings. The standard InChI is InChI=1S/C15H18N4O4S/c1-4-5-23-14-12(19(20)21)6-11(7-13(14)22-3)8-16-18-15-17-10(2)9-24-15/h6-9H,4-5H2,1-3H3,(H,17,18)/b16-8-. The van der Waals surface area contributed by atoms with Crippen LogP contribution in [0.25, 0.3) is 0 Å². The van der Waals surface area contributed by atoms with Crippen LogP contribution in [0.2, 0.25) is 0 Å². The fourth-order valence-corrected chi connectivity index (χ4v) is 2.52. The van der Waals surface area contributed by atoms with Crippen LogP contribution < -0.4 is 14.9 Å². The molecule has 2 rings (SSSR count). The van der Waals surface area contributed by atoms with Crippen molar-refractivity contribution >= 4 is 28.4 Å². The van der Waals surface area contributed by atoms with Crippen molar-refractivity contribution in [3.8, 4) is 11.5 Å². The second-order valence-electron chi connectivity index (χ2n) is 4.84. The maximum absolute atomic E-state index is 11.3. The zero-order valence-corrected chi connectivity index (χ0v) is 14.4. The average molecular weight is 350 g/mol. The third kappa shape index (κ3) is 4.42. The Morgan fingerprint density at radius 2 is 2.29 bits per heavy atom. The molecule has 24 heavy (non-hydrogen) atoms. The van der Waals surface area contributed by atoms with Gasteiger partial charge >= 0.3 is 5.69 Å². The molecule has 0 atom stereocenters. The zero-order valence-electron chi connectivity index (χ0n) is 13.6. The molecule has 0 unspecified atom stereocenters. The van der Waals surface area contributed by atoms with Crippen molar-refractivity contribution in [1.29, 1.82) is 0 Å². The SMILES string of the molecule is CCCOc1c(OC)cc(/C=N\Nc2nc(C)cs2)cc1[N+](=O)[O-]. The predicted molar refractivity (Wildman–Crippen MR) is 93.5 cm³/mol. The minimum atomic E-state index is -0.498. The van der Waals surface area contributed by atoms with E-state index in [0.717, 1.165) is 12.1 Å². The summed E-state index contributed by atoms with van der Waals surface area (Å²) >= 11 is 1.42. The molecule has 1 aromatic carbocycles. The van der Waals surface area contributed by atoms with Crippen LogP contribution in [0.1, 0.15) is 24.6 Å². The highest BCUT2D eigenvalue weighted by Gasteiger charge is 2.21. The Kier molecular flexibility index (Phi) is 6.07. The van der Waals surface area contributed by atoms with E-state index in [1.165, 1.54) is 30.7 Å². The predicted octanol–water partition coefficient (Wildman–Crippen LogP) is 3.60. The summed E-state index contributed by atoms with van der Waals surface area (Å²) in [5.41, 5.74) is 4.04. The largest absolute Gasteiger partial charge is 0.493 e. The summed E-state index contributed by atoms with van der Waals surface area (Å²) < 4.78 is 10.7. The van der Waals surface area contributed by atoms with Crippen LogP contribution in [0.15, 0.2) is 22.6 Å². The van der Waals surface area contributed by atoms with E-state index >= 15 is 0 Å². The van der Waals surface area contributed by atoms with Crippen LogP contribution in [0.5, 0.6) is 11.5 Å². The number of anilines is 1. The Morgan fingerprint density at radius 1 is 1.50 bits per heavy atom. The number of nitro benzene ring substituents is 1. The summed E-state index contributed by atoms with van der Waals surface area (Å²) in [5.74, 6) is 0.425. The van der Waals surface area contributed by atoms with E-state index in [0.29, 0.717) is 23.1 Å². The van der Waals surface area contributed by atoms with Crippen molar-refractivity contribution in [3.05, 3.63) is 38.9 Å². The Labute approximate surface area is 143 Å². The van der Waals surface area contributed by atoms with Gasteiger partial charge in [0, 0.05) is 17.0 Å². The molecule has 1 heterocycles. The number of rotatable bonds is 8. The number of hydrogen-bond donors (Lipinski definition) is 1. The fraction of sp³-hybridized carbons (Fsp3) is 0.333. The highest BCUT2D eigenvalue weighted by Crippen LogP contribution is 2.38. The lowest BCUT2D eigenvalue weighted by atomic mass is 10.2. The van der Waals surface area contributed by atoms with Crippen molar-refractivity contribution < 1.29 is 14.4 Å². The molecule has 0 saturated carbocycles. The van der Waals surface area contributed by atoms with Gasteiger partial charge in [-0.15, -0.1) is 11.3 Å². The van der Waals surface area contributed by atoms with Gasteiger partial charge in [-0.2, -0.15) is 5.10 Å². The maximum atomic E-state index is 11.3. The molecule has 128 valence electrons. The first-order valence-electron chi connectivity index (χ1n) is 7.25. The van der Waals surface area contributed by atoms with Crippen LogP contribution in [0.3, 0.4) is 0 Å². The van der Waals surface area contributed by atoms with E-state index in [9.17, 15) is 10.1 Å². The molecule has 1 aromatic heterocycles. The van der Waals surface area contributed by atoms with Gasteiger partial charge in [-0.05, 0) is 19.4 Å². The van der Waals surface area contributed by atoms with Gasteiger partial charge in [-0.3, -0.25) is 15.5 Å². The number of aryl methyl sites for hydroxylation is 1. The number of aromatic nitrogens is 1. The summed E-state index contributed by atoms with van der Waals surface area (Å²) in [6, 6.07) is 3.03. The lowest BCUT2D eigenvalue weighted by Crippen LogP contribution is -2.03. The Hall–Kier alpha value is -2.68. The third-order valence-electron chi connectivity index (χ3n) is 2.92. The molecule has 0 bridgehead atoms. The lowest BCUT2D eigenvalue weighted by molar-refractivity contribution is -0.386. The summed E-state index contributed by atoms with van der Waals surface area (Å²) in [6.45, 7) is 4.18. The quantitative estimate of drug-likeness (QED) is 0.444. The van der Waals surface area contributed by atoms with Crippen molar-refractivity contribution in [2.24, 2.45) is 5.10 Å². The molecule has 0 amide bonds. The molecule has 0 aliphatic carbocycles. The zero-order chi connectivity index (χ0) is 17.5. The summed E-state index contributed by atoms with van der Waals surface area (Å²) in [7, 11) is 1.44. The monoisotopic (exact) mass is 350 g/mol. The number of benzene rings is 1. The Balaban J connectivity index is 2.26. The molecule has 8 nitrogen and oxygen atoms in total. The van der Waals surface area contributed by atoms with Crippen molar-refractivity contribution in [2.45, 2.75) is 20.3 Å². The molecule has 0 spiro atoms. The third-order valence-corrected chi connectivity index (χ3v) is 3.78. The number of ether oxygens (including phenoxy) is 2. The minimum Gasteiger partial charge on any atom is -0.493 e. The molecule has 9 heteroatoms. The number of methoxy groups -OCH3 is 1. The van der Waals surface area contributed by atoms with Gasteiger partial charge in [0.25, 0.3) is 0 Å². The van der Waals surface area contributed by atoms with Gasteiger partial charge < -0.3 is 9.47 Å². The maximum Gasteiger partial charge on any atom is 0.315 e. The molecule has 0 fully saturated rings. The summed E-state index contributed by atoms with van der Waals surface area (Å²) in [5, 5.41) is 17.9. The number of nitrogens with zero attached hydrogens (tertiary/aromatic N) is 3. The van der Waals surface area contributed by atoms with Crippen LogP contribution in [0, 0.1) is 17.0 Å². The van der Waals surface area contributed by atoms with E-state index in [2.05, 4.69) is 15.5 Å². The van der Waals surface area contributed by atoms with Crippen LogP contribution in [0.4, 0.5) is 10.8 Å². The highest BCUT2D eigenvalue weighted by molar-refractivity contribution is 7.13. The number of nitro groups is 1. The summed E-state index contributed by atoms with van der Waals surface area (Å²) in [4.78, 5) is 15.0. The van der Waals surface area contributed by atoms with Gasteiger partial charge in [0.1, 0.15) is 0 Å². The first-order valence-corrected chi connectivity index (χ1v) is 8.13. The van der Waals surface area contributed by atoms with Crippen molar-refractivity contribution in [3.63, 3.8) is 0 Å². The van der Waals surface area contributed by atoms with Crippen molar-refractivity contribution in [2.75, 3.05) is 19.1 Å². The normalized spacial score (nSPS) is 10.8. The fourth-order valence-electron chi connectivity index (χ4n) is 1.89. The van der Waals surface area contributed by atoms with Gasteiger partial charge in [0.2, 0.25) is 10.9 Å². The first kappa shape index (κ1) is 17.7. The smallest absolute Gasteiger partial charge is 0.315 e. The molecule has 0 radical (unpaired) electrons. The molecule has 1 N–H and O–H groups in total. The minimum absolute atomic E-state index is 0.130. The number of thiazole rings is 1. The molecule has 0 aliphatic heterocycles. The van der Waals surface area contributed by atoms with E-state index in [-0.39, 0.29) is 11.4 Å². The average Bonchev–Trinajstić information content (AvgIpc) is 2.98. The van der Waals surface area contributed by atoms with Gasteiger partial charge in [-0.25, -0.2) is 4.98 Å². The Morgan fingerprint density at radius 3 is 2.88 bits per heavy atom. The molecule has 0 saturated heterocycles. The molecular formula is C15H18N4O4S. The van der Waals surface area contributed by atoms with Crippen LogP contribution in [-0.4, -0.2) is 29.8 Å².